The normalized spacial score (nSPS) is 10.5. The van der Waals surface area contributed by atoms with Crippen LogP contribution < -0.4 is 10.9 Å². The van der Waals surface area contributed by atoms with Crippen molar-refractivity contribution in [2.24, 2.45) is 0 Å². The summed E-state index contributed by atoms with van der Waals surface area (Å²) < 4.78 is 1.59. The van der Waals surface area contributed by atoms with Crippen molar-refractivity contribution in [3.63, 3.8) is 0 Å². The van der Waals surface area contributed by atoms with Gasteiger partial charge in [-0.2, -0.15) is 0 Å². The second-order valence-corrected chi connectivity index (χ2v) is 7.44. The molecule has 0 atom stereocenters. The number of nitrogens with one attached hydrogen (secondary N) is 2. The molecule has 0 spiro atoms. The van der Waals surface area contributed by atoms with Gasteiger partial charge >= 0.3 is 5.91 Å². The van der Waals surface area contributed by atoms with Crippen LogP contribution in [0.4, 0.5) is 0 Å². The zero-order valence-corrected chi connectivity index (χ0v) is 18.4. The summed E-state index contributed by atoms with van der Waals surface area (Å²) in [6.07, 6.45) is 2.79. The number of para-hydroxylation sites is 1. The highest BCUT2D eigenvalue weighted by molar-refractivity contribution is 5.97. The summed E-state index contributed by atoms with van der Waals surface area (Å²) in [5.74, 6) is -0.326. The number of carbonyl (C=O) groups excluding carboxylic acids is 2. The third-order valence-electron chi connectivity index (χ3n) is 5.08. The van der Waals surface area contributed by atoms with Crippen LogP contribution in [0.25, 0.3) is 28.5 Å². The Kier molecular flexibility index (Phi) is 6.03. The van der Waals surface area contributed by atoms with E-state index in [9.17, 15) is 9.59 Å². The van der Waals surface area contributed by atoms with E-state index in [1.807, 2.05) is 91.0 Å². The van der Waals surface area contributed by atoms with Crippen molar-refractivity contribution >= 4 is 11.8 Å². The molecule has 2 amide bonds. The molecule has 35 heavy (non-hydrogen) atoms. The minimum absolute atomic E-state index is 0.0938. The average Bonchev–Trinajstić information content (AvgIpc) is 3.39. The van der Waals surface area contributed by atoms with E-state index in [2.05, 4.69) is 30.9 Å². The average molecular weight is 461 g/mol. The van der Waals surface area contributed by atoms with Crippen LogP contribution >= 0.6 is 0 Å². The molecule has 3 aromatic carbocycles. The molecule has 5 rings (SSSR count). The number of hydrogen-bond acceptors (Lipinski definition) is 6. The Labute approximate surface area is 200 Å². The lowest BCUT2D eigenvalue weighted by Gasteiger charge is -2.06. The first-order valence-electron chi connectivity index (χ1n) is 10.7. The second-order valence-electron chi connectivity index (χ2n) is 7.44. The van der Waals surface area contributed by atoms with Gasteiger partial charge < -0.3 is 0 Å². The Balaban J connectivity index is 1.32. The van der Waals surface area contributed by atoms with Crippen LogP contribution in [0, 0.1) is 0 Å². The van der Waals surface area contributed by atoms with Gasteiger partial charge in [0.15, 0.2) is 11.6 Å². The molecule has 0 unspecified atom stereocenters. The minimum atomic E-state index is -0.660. The van der Waals surface area contributed by atoms with Crippen LogP contribution in [0.1, 0.15) is 21.0 Å². The SMILES string of the molecule is O=C(NNC(=O)c1nc(-c2ccccc2)n(-c2ccccc2)n1)c1cnc(-c2ccccc2)nc1. The summed E-state index contributed by atoms with van der Waals surface area (Å²) in [6, 6.07) is 28.2. The molecule has 0 saturated carbocycles. The summed E-state index contributed by atoms with van der Waals surface area (Å²) in [4.78, 5) is 38.1. The van der Waals surface area contributed by atoms with E-state index in [-0.39, 0.29) is 11.4 Å². The fraction of sp³-hybridized carbons (Fsp3) is 0. The molecule has 2 N–H and O–H groups in total. The molecule has 9 nitrogen and oxygen atoms in total. The molecule has 0 radical (unpaired) electrons. The van der Waals surface area contributed by atoms with Gasteiger partial charge in [-0.1, -0.05) is 78.9 Å². The van der Waals surface area contributed by atoms with E-state index in [0.29, 0.717) is 11.6 Å². The van der Waals surface area contributed by atoms with Gasteiger partial charge in [-0.05, 0) is 12.1 Å². The number of carbonyl (C=O) groups is 2. The summed E-state index contributed by atoms with van der Waals surface area (Å²) in [7, 11) is 0. The molecule has 5 aromatic rings. The van der Waals surface area contributed by atoms with Gasteiger partial charge in [-0.15, -0.1) is 5.10 Å². The predicted molar refractivity (Wildman–Crippen MR) is 129 cm³/mol. The second kappa shape index (κ2) is 9.75. The molecule has 0 saturated heterocycles. The molecule has 0 aliphatic rings. The highest BCUT2D eigenvalue weighted by Crippen LogP contribution is 2.21. The summed E-state index contributed by atoms with van der Waals surface area (Å²) in [6.45, 7) is 0. The zero-order valence-electron chi connectivity index (χ0n) is 18.4. The van der Waals surface area contributed by atoms with Gasteiger partial charge in [0.25, 0.3) is 5.91 Å². The maximum absolute atomic E-state index is 12.8. The van der Waals surface area contributed by atoms with Crippen LogP contribution in [0.3, 0.4) is 0 Å². The highest BCUT2D eigenvalue weighted by atomic mass is 16.2. The highest BCUT2D eigenvalue weighted by Gasteiger charge is 2.19. The largest absolute Gasteiger partial charge is 0.309 e. The van der Waals surface area contributed by atoms with Crippen molar-refractivity contribution < 1.29 is 9.59 Å². The fourth-order valence-corrected chi connectivity index (χ4v) is 3.35. The Morgan fingerprint density at radius 1 is 0.657 bits per heavy atom. The quantitative estimate of drug-likeness (QED) is 0.388. The Morgan fingerprint density at radius 2 is 1.20 bits per heavy atom. The minimum Gasteiger partial charge on any atom is -0.267 e. The first-order chi connectivity index (χ1) is 17.2. The van der Waals surface area contributed by atoms with Crippen molar-refractivity contribution in [3.05, 3.63) is 115 Å². The van der Waals surface area contributed by atoms with E-state index in [1.165, 1.54) is 12.4 Å². The summed E-state index contributed by atoms with van der Waals surface area (Å²) >= 11 is 0. The van der Waals surface area contributed by atoms with Gasteiger partial charge in [0.05, 0.1) is 11.3 Å². The number of rotatable bonds is 5. The van der Waals surface area contributed by atoms with Crippen molar-refractivity contribution in [2.75, 3.05) is 0 Å². The maximum Gasteiger partial charge on any atom is 0.309 e. The van der Waals surface area contributed by atoms with Crippen molar-refractivity contribution in [1.29, 1.82) is 0 Å². The molecule has 0 fully saturated rings. The zero-order chi connectivity index (χ0) is 24.0. The Morgan fingerprint density at radius 3 is 1.83 bits per heavy atom. The van der Waals surface area contributed by atoms with E-state index >= 15 is 0 Å². The summed E-state index contributed by atoms with van der Waals surface area (Å²) in [5.41, 5.74) is 7.28. The molecular formula is C26H19N7O2. The van der Waals surface area contributed by atoms with Gasteiger partial charge in [0.2, 0.25) is 5.82 Å². The number of hydrazine groups is 1. The third kappa shape index (κ3) is 4.79. The van der Waals surface area contributed by atoms with E-state index in [1.54, 1.807) is 4.68 Å². The smallest absolute Gasteiger partial charge is 0.267 e. The van der Waals surface area contributed by atoms with Gasteiger partial charge in [-0.25, -0.2) is 19.6 Å². The first kappa shape index (κ1) is 21.7. The monoisotopic (exact) mass is 461 g/mol. The molecular weight excluding hydrogens is 442 g/mol. The third-order valence-corrected chi connectivity index (χ3v) is 5.08. The number of benzene rings is 3. The predicted octanol–water partition coefficient (Wildman–Crippen LogP) is 3.47. The van der Waals surface area contributed by atoms with Crippen LogP contribution in [-0.2, 0) is 0 Å². The molecule has 0 aliphatic carbocycles. The van der Waals surface area contributed by atoms with E-state index in [4.69, 9.17) is 0 Å². The number of amides is 2. The topological polar surface area (TPSA) is 115 Å². The van der Waals surface area contributed by atoms with Crippen LogP contribution in [0.5, 0.6) is 0 Å². The lowest BCUT2D eigenvalue weighted by molar-refractivity contribution is 0.0840. The number of hydrogen-bond donors (Lipinski definition) is 2. The Bertz CT molecular complexity index is 1400. The van der Waals surface area contributed by atoms with Crippen LogP contribution in [0.15, 0.2) is 103 Å². The molecule has 0 bridgehead atoms. The molecule has 9 heteroatoms. The summed E-state index contributed by atoms with van der Waals surface area (Å²) in [5, 5.41) is 4.37. The lowest BCUT2D eigenvalue weighted by Crippen LogP contribution is -2.42. The van der Waals surface area contributed by atoms with E-state index in [0.717, 1.165) is 16.8 Å². The van der Waals surface area contributed by atoms with Crippen molar-refractivity contribution in [2.45, 2.75) is 0 Å². The van der Waals surface area contributed by atoms with Crippen molar-refractivity contribution in [3.8, 4) is 28.5 Å². The van der Waals surface area contributed by atoms with Gasteiger partial charge in [-0.3, -0.25) is 20.4 Å². The van der Waals surface area contributed by atoms with Crippen molar-refractivity contribution in [1.82, 2.24) is 35.6 Å². The molecule has 170 valence electrons. The van der Waals surface area contributed by atoms with Gasteiger partial charge in [0, 0.05) is 23.5 Å². The molecule has 0 aliphatic heterocycles. The van der Waals surface area contributed by atoms with Crippen LogP contribution in [-0.4, -0.2) is 36.5 Å². The fourth-order valence-electron chi connectivity index (χ4n) is 3.35. The molecule has 2 aromatic heterocycles. The Hall–Kier alpha value is -5.18. The van der Waals surface area contributed by atoms with Gasteiger partial charge in [0.1, 0.15) is 0 Å². The first-order valence-corrected chi connectivity index (χ1v) is 10.7. The number of nitrogens with zero attached hydrogens (tertiary/aromatic N) is 5. The number of aromatic nitrogens is 5. The lowest BCUT2D eigenvalue weighted by atomic mass is 10.2. The van der Waals surface area contributed by atoms with E-state index < -0.39 is 11.8 Å². The standard InChI is InChI=1S/C26H19N7O2/c34-25(20-16-27-22(28-17-20)18-10-4-1-5-11-18)30-31-26(35)23-29-24(19-12-6-2-7-13-19)33(32-23)21-14-8-3-9-15-21/h1-17H,(H,30,34)(H,31,35). The maximum atomic E-state index is 12.8. The molecule has 2 heterocycles. The van der Waals surface area contributed by atoms with Crippen LogP contribution in [0.2, 0.25) is 0 Å².